The van der Waals surface area contributed by atoms with Crippen LogP contribution in [0.15, 0.2) is 36.4 Å². The van der Waals surface area contributed by atoms with Gasteiger partial charge in [0.05, 0.1) is 6.61 Å². The Bertz CT molecular complexity index is 554. The predicted octanol–water partition coefficient (Wildman–Crippen LogP) is 4.30. The third-order valence-electron chi connectivity index (χ3n) is 3.38. The molecule has 0 bridgehead atoms. The van der Waals surface area contributed by atoms with E-state index in [1.165, 1.54) is 30.2 Å². The highest BCUT2D eigenvalue weighted by atomic mass is 31.2. The first-order chi connectivity index (χ1) is 9.69. The van der Waals surface area contributed by atoms with Gasteiger partial charge in [0.15, 0.2) is 0 Å². The summed E-state index contributed by atoms with van der Waals surface area (Å²) >= 11 is 0. The Morgan fingerprint density at radius 2 is 1.60 bits per heavy atom. The Labute approximate surface area is 121 Å². The summed E-state index contributed by atoms with van der Waals surface area (Å²) in [4.78, 5) is 17.5. The summed E-state index contributed by atoms with van der Waals surface area (Å²) in [6.45, 7) is 2.45. The minimum absolute atomic E-state index is 0.229. The second-order valence-electron chi connectivity index (χ2n) is 5.00. The Kier molecular flexibility index (Phi) is 5.93. The lowest BCUT2D eigenvalue weighted by Crippen LogP contribution is -1.89. The normalized spacial score (nSPS) is 11.4. The van der Waals surface area contributed by atoms with Crippen LogP contribution in [0.2, 0.25) is 0 Å². The van der Waals surface area contributed by atoms with E-state index in [4.69, 9.17) is 14.3 Å². The second kappa shape index (κ2) is 7.70. The van der Waals surface area contributed by atoms with E-state index in [1.807, 2.05) is 12.1 Å². The first kappa shape index (κ1) is 15.4. The molecule has 108 valence electrons. The van der Waals surface area contributed by atoms with E-state index in [9.17, 15) is 0 Å². The van der Waals surface area contributed by atoms with Crippen molar-refractivity contribution in [2.24, 2.45) is 0 Å². The van der Waals surface area contributed by atoms with Gasteiger partial charge in [0, 0.05) is 0 Å². The van der Waals surface area contributed by atoms with Crippen molar-refractivity contribution in [3.63, 3.8) is 0 Å². The first-order valence-corrected chi connectivity index (χ1v) is 8.18. The van der Waals surface area contributed by atoms with E-state index in [2.05, 4.69) is 31.2 Å². The van der Waals surface area contributed by atoms with Gasteiger partial charge in [-0.2, -0.15) is 0 Å². The molecule has 0 radical (unpaired) electrons. The van der Waals surface area contributed by atoms with Gasteiger partial charge in [-0.05, 0) is 40.8 Å². The van der Waals surface area contributed by atoms with E-state index in [0.717, 1.165) is 17.4 Å². The fourth-order valence-corrected chi connectivity index (χ4v) is 2.57. The van der Waals surface area contributed by atoms with Crippen molar-refractivity contribution >= 4 is 19.4 Å². The number of unbranched alkanes of at least 4 members (excludes halogenated alkanes) is 2. The predicted molar refractivity (Wildman–Crippen MR) is 83.3 cm³/mol. The summed E-state index contributed by atoms with van der Waals surface area (Å²) in [5.41, 5.74) is 2.33. The molecule has 2 aromatic rings. The molecule has 0 saturated carbocycles. The van der Waals surface area contributed by atoms with Crippen LogP contribution in [0.1, 0.15) is 37.3 Å². The van der Waals surface area contributed by atoms with Crippen molar-refractivity contribution in [3.8, 4) is 0 Å². The van der Waals surface area contributed by atoms with Gasteiger partial charge in [-0.1, -0.05) is 50.1 Å². The molecule has 3 nitrogen and oxygen atoms in total. The minimum atomic E-state index is -2.28. The van der Waals surface area contributed by atoms with Crippen LogP contribution >= 0.6 is 8.60 Å². The fraction of sp³-hybridized carbons (Fsp3) is 0.375. The molecule has 20 heavy (non-hydrogen) atoms. The summed E-state index contributed by atoms with van der Waals surface area (Å²) < 4.78 is 4.84. The molecule has 0 atom stereocenters. The topological polar surface area (TPSA) is 49.7 Å². The van der Waals surface area contributed by atoms with E-state index in [1.54, 1.807) is 0 Å². The molecule has 2 rings (SSSR count). The molecular formula is C16H21O3P. The number of hydrogen-bond acceptors (Lipinski definition) is 3. The molecule has 0 aliphatic rings. The lowest BCUT2D eigenvalue weighted by atomic mass is 10.0. The van der Waals surface area contributed by atoms with Crippen LogP contribution in [-0.2, 0) is 17.6 Å². The molecule has 0 aliphatic carbocycles. The van der Waals surface area contributed by atoms with Crippen molar-refractivity contribution < 1.29 is 14.3 Å². The Morgan fingerprint density at radius 1 is 0.950 bits per heavy atom. The highest BCUT2D eigenvalue weighted by Crippen LogP contribution is 2.27. The van der Waals surface area contributed by atoms with Gasteiger partial charge in [0.25, 0.3) is 0 Å². The van der Waals surface area contributed by atoms with Crippen LogP contribution in [-0.4, -0.2) is 9.79 Å². The zero-order valence-electron chi connectivity index (χ0n) is 11.7. The van der Waals surface area contributed by atoms with Crippen molar-refractivity contribution in [2.45, 2.75) is 39.2 Å². The SMILES string of the molecule is CCCCCc1ccc2cc(COP(O)O)ccc2c1. The summed E-state index contributed by atoms with van der Waals surface area (Å²) in [6.07, 6.45) is 4.90. The van der Waals surface area contributed by atoms with Crippen LogP contribution < -0.4 is 0 Å². The third kappa shape index (κ3) is 4.53. The second-order valence-corrected chi connectivity index (χ2v) is 5.76. The zero-order chi connectivity index (χ0) is 14.4. The average molecular weight is 292 g/mol. The van der Waals surface area contributed by atoms with Gasteiger partial charge < -0.3 is 14.3 Å². The molecule has 0 fully saturated rings. The monoisotopic (exact) mass is 292 g/mol. The molecule has 2 N–H and O–H groups in total. The van der Waals surface area contributed by atoms with Crippen molar-refractivity contribution in [1.82, 2.24) is 0 Å². The Balaban J connectivity index is 2.08. The Hall–Kier alpha value is -0.990. The van der Waals surface area contributed by atoms with Crippen LogP contribution in [0.5, 0.6) is 0 Å². The van der Waals surface area contributed by atoms with Gasteiger partial charge >= 0.3 is 8.60 Å². The molecule has 0 aromatic heterocycles. The lowest BCUT2D eigenvalue weighted by molar-refractivity contribution is 0.246. The van der Waals surface area contributed by atoms with Gasteiger partial charge in [0.1, 0.15) is 0 Å². The number of fused-ring (bicyclic) bond motifs is 1. The van der Waals surface area contributed by atoms with Gasteiger partial charge in [-0.25, -0.2) is 0 Å². The van der Waals surface area contributed by atoms with Gasteiger partial charge in [-0.3, -0.25) is 0 Å². The summed E-state index contributed by atoms with van der Waals surface area (Å²) in [5.74, 6) is 0. The van der Waals surface area contributed by atoms with E-state index in [-0.39, 0.29) is 6.61 Å². The molecule has 0 spiro atoms. The molecule has 0 saturated heterocycles. The third-order valence-corrected chi connectivity index (χ3v) is 3.74. The molecule has 0 aliphatic heterocycles. The smallest absolute Gasteiger partial charge is 0.327 e. The van der Waals surface area contributed by atoms with Gasteiger partial charge in [-0.15, -0.1) is 0 Å². The van der Waals surface area contributed by atoms with E-state index < -0.39 is 8.60 Å². The summed E-state index contributed by atoms with van der Waals surface area (Å²) in [6, 6.07) is 12.6. The number of hydrogen-bond donors (Lipinski definition) is 2. The summed E-state index contributed by atoms with van der Waals surface area (Å²) in [7, 11) is -2.28. The highest BCUT2D eigenvalue weighted by Gasteiger charge is 2.02. The highest BCUT2D eigenvalue weighted by molar-refractivity contribution is 7.39. The maximum absolute atomic E-state index is 8.76. The van der Waals surface area contributed by atoms with Crippen LogP contribution in [0, 0.1) is 0 Å². The standard InChI is InChI=1S/C16H21O3P/c1-2-3-4-5-13-6-8-16-11-14(12-19-20(17)18)7-9-15(16)10-13/h6-11,17-18H,2-5,12H2,1H3. The largest absolute Gasteiger partial charge is 0.328 e. The van der Waals surface area contributed by atoms with E-state index >= 15 is 0 Å². The van der Waals surface area contributed by atoms with Crippen molar-refractivity contribution in [1.29, 1.82) is 0 Å². The number of aryl methyl sites for hydroxylation is 1. The maximum atomic E-state index is 8.76. The molecule has 4 heteroatoms. The molecule has 0 heterocycles. The summed E-state index contributed by atoms with van der Waals surface area (Å²) in [5, 5.41) is 2.38. The average Bonchev–Trinajstić information content (AvgIpc) is 2.45. The number of benzene rings is 2. The maximum Gasteiger partial charge on any atom is 0.327 e. The first-order valence-electron chi connectivity index (χ1n) is 7.01. The van der Waals surface area contributed by atoms with E-state index in [0.29, 0.717) is 0 Å². The number of rotatable bonds is 7. The Morgan fingerprint density at radius 3 is 2.25 bits per heavy atom. The zero-order valence-corrected chi connectivity index (χ0v) is 12.6. The molecular weight excluding hydrogens is 271 g/mol. The minimum Gasteiger partial charge on any atom is -0.328 e. The quantitative estimate of drug-likeness (QED) is 0.591. The van der Waals surface area contributed by atoms with Crippen molar-refractivity contribution in [2.75, 3.05) is 0 Å². The van der Waals surface area contributed by atoms with Crippen LogP contribution in [0.3, 0.4) is 0 Å². The molecule has 2 aromatic carbocycles. The fourth-order valence-electron chi connectivity index (χ4n) is 2.30. The van der Waals surface area contributed by atoms with Gasteiger partial charge in [0.2, 0.25) is 0 Å². The van der Waals surface area contributed by atoms with Crippen LogP contribution in [0.25, 0.3) is 10.8 Å². The van der Waals surface area contributed by atoms with Crippen LogP contribution in [0.4, 0.5) is 0 Å². The lowest BCUT2D eigenvalue weighted by Gasteiger charge is -2.07. The molecule has 0 unspecified atom stereocenters. The van der Waals surface area contributed by atoms with Crippen molar-refractivity contribution in [3.05, 3.63) is 47.5 Å². The molecule has 0 amide bonds.